The van der Waals surface area contributed by atoms with Crippen molar-refractivity contribution in [2.24, 2.45) is 5.92 Å². The van der Waals surface area contributed by atoms with E-state index in [1.54, 1.807) is 36.7 Å². The van der Waals surface area contributed by atoms with Crippen molar-refractivity contribution in [1.82, 2.24) is 9.55 Å². The number of hydrogen-bond acceptors (Lipinski definition) is 4. The quantitative estimate of drug-likeness (QED) is 0.682. The van der Waals surface area contributed by atoms with Crippen LogP contribution in [0.3, 0.4) is 0 Å². The Balaban J connectivity index is 2.09. The molecule has 0 amide bonds. The third kappa shape index (κ3) is 3.64. The Morgan fingerprint density at radius 3 is 2.77 bits per heavy atom. The SMILES string of the molecule is COc1ccc(Cl)cc1NS(=O)(=O)c1cn(CC(C)C)c2ncccc12. The van der Waals surface area contributed by atoms with E-state index in [1.165, 1.54) is 13.2 Å². The summed E-state index contributed by atoms with van der Waals surface area (Å²) in [6, 6.07) is 8.24. The van der Waals surface area contributed by atoms with Crippen LogP contribution in [-0.4, -0.2) is 25.1 Å². The standard InChI is InChI=1S/C18H20ClN3O3S/c1-12(2)10-22-11-17(14-5-4-8-20-18(14)22)26(23,24)21-15-9-13(19)6-7-16(15)25-3/h4-9,11-12,21H,10H2,1-3H3. The molecule has 0 saturated carbocycles. The number of hydrogen-bond donors (Lipinski definition) is 1. The Morgan fingerprint density at radius 2 is 2.08 bits per heavy atom. The van der Waals surface area contributed by atoms with Crippen LogP contribution in [-0.2, 0) is 16.6 Å². The van der Waals surface area contributed by atoms with E-state index < -0.39 is 10.0 Å². The molecule has 1 N–H and O–H groups in total. The molecule has 0 fully saturated rings. The fourth-order valence-electron chi connectivity index (χ4n) is 2.80. The normalized spacial score (nSPS) is 11.9. The van der Waals surface area contributed by atoms with Crippen molar-refractivity contribution in [3.05, 3.63) is 47.7 Å². The number of halogens is 1. The Morgan fingerprint density at radius 1 is 1.31 bits per heavy atom. The first-order chi connectivity index (χ1) is 12.3. The molecule has 0 unspecified atom stereocenters. The van der Waals surface area contributed by atoms with E-state index in [-0.39, 0.29) is 10.6 Å². The van der Waals surface area contributed by atoms with Crippen LogP contribution >= 0.6 is 11.6 Å². The van der Waals surface area contributed by atoms with Crippen molar-refractivity contribution in [3.63, 3.8) is 0 Å². The van der Waals surface area contributed by atoms with E-state index in [0.29, 0.717) is 34.3 Å². The smallest absolute Gasteiger partial charge is 0.264 e. The van der Waals surface area contributed by atoms with Gasteiger partial charge in [-0.15, -0.1) is 0 Å². The monoisotopic (exact) mass is 393 g/mol. The van der Waals surface area contributed by atoms with E-state index in [4.69, 9.17) is 16.3 Å². The lowest BCUT2D eigenvalue weighted by molar-refractivity contribution is 0.417. The largest absolute Gasteiger partial charge is 0.495 e. The molecule has 8 heteroatoms. The van der Waals surface area contributed by atoms with Gasteiger partial charge in [-0.1, -0.05) is 25.4 Å². The maximum absolute atomic E-state index is 13.0. The van der Waals surface area contributed by atoms with Gasteiger partial charge < -0.3 is 9.30 Å². The van der Waals surface area contributed by atoms with Crippen LogP contribution in [0.15, 0.2) is 47.6 Å². The van der Waals surface area contributed by atoms with Gasteiger partial charge in [0.05, 0.1) is 12.8 Å². The molecule has 0 radical (unpaired) electrons. The maximum Gasteiger partial charge on any atom is 0.264 e. The molecule has 1 aromatic carbocycles. The Kier molecular flexibility index (Phi) is 5.11. The van der Waals surface area contributed by atoms with E-state index in [9.17, 15) is 8.42 Å². The first-order valence-corrected chi connectivity index (χ1v) is 9.98. The van der Waals surface area contributed by atoms with Crippen LogP contribution in [0.25, 0.3) is 11.0 Å². The van der Waals surface area contributed by atoms with Crippen LogP contribution in [0.2, 0.25) is 5.02 Å². The zero-order chi connectivity index (χ0) is 18.9. The van der Waals surface area contributed by atoms with Gasteiger partial charge in [-0.3, -0.25) is 4.72 Å². The third-order valence-electron chi connectivity index (χ3n) is 3.85. The minimum absolute atomic E-state index is 0.170. The number of nitrogens with zero attached hydrogens (tertiary/aromatic N) is 2. The highest BCUT2D eigenvalue weighted by molar-refractivity contribution is 7.93. The molecule has 0 aliphatic rings. The number of aromatic nitrogens is 2. The molecular formula is C18H20ClN3O3S. The van der Waals surface area contributed by atoms with Crippen molar-refractivity contribution in [2.75, 3.05) is 11.8 Å². The molecule has 0 aliphatic carbocycles. The summed E-state index contributed by atoms with van der Waals surface area (Å²) in [6.07, 6.45) is 3.28. The van der Waals surface area contributed by atoms with Gasteiger partial charge in [0.2, 0.25) is 0 Å². The van der Waals surface area contributed by atoms with Crippen molar-refractivity contribution in [1.29, 1.82) is 0 Å². The van der Waals surface area contributed by atoms with Gasteiger partial charge in [-0.2, -0.15) is 0 Å². The van der Waals surface area contributed by atoms with Gasteiger partial charge in [0.25, 0.3) is 10.0 Å². The predicted molar refractivity (Wildman–Crippen MR) is 103 cm³/mol. The van der Waals surface area contributed by atoms with Gasteiger partial charge in [0, 0.05) is 29.3 Å². The van der Waals surface area contributed by atoms with E-state index in [2.05, 4.69) is 23.6 Å². The van der Waals surface area contributed by atoms with Crippen LogP contribution in [0.5, 0.6) is 5.75 Å². The lowest BCUT2D eigenvalue weighted by atomic mass is 10.2. The number of ether oxygens (including phenoxy) is 1. The van der Waals surface area contributed by atoms with Gasteiger partial charge in [0.1, 0.15) is 16.3 Å². The predicted octanol–water partition coefficient (Wildman–Crippen LogP) is 4.16. The first-order valence-electron chi connectivity index (χ1n) is 8.12. The summed E-state index contributed by atoms with van der Waals surface area (Å²) < 4.78 is 35.8. The fraction of sp³-hybridized carbons (Fsp3) is 0.278. The molecule has 0 bridgehead atoms. The molecule has 3 aromatic rings. The maximum atomic E-state index is 13.0. The number of anilines is 1. The van der Waals surface area contributed by atoms with Crippen molar-refractivity contribution in [2.45, 2.75) is 25.3 Å². The lowest BCUT2D eigenvalue weighted by Crippen LogP contribution is -2.13. The summed E-state index contributed by atoms with van der Waals surface area (Å²) in [5.74, 6) is 0.742. The number of nitrogens with one attached hydrogen (secondary N) is 1. The summed E-state index contributed by atoms with van der Waals surface area (Å²) >= 11 is 6.00. The molecule has 138 valence electrons. The van der Waals surface area contributed by atoms with E-state index in [0.717, 1.165) is 0 Å². The molecular weight excluding hydrogens is 374 g/mol. The van der Waals surface area contributed by atoms with E-state index >= 15 is 0 Å². The first kappa shape index (κ1) is 18.5. The highest BCUT2D eigenvalue weighted by atomic mass is 35.5. The second-order valence-corrected chi connectivity index (χ2v) is 8.45. The topological polar surface area (TPSA) is 73.2 Å². The van der Waals surface area contributed by atoms with Gasteiger partial charge >= 0.3 is 0 Å². The highest BCUT2D eigenvalue weighted by Crippen LogP contribution is 2.32. The Bertz CT molecular complexity index is 1050. The molecule has 0 aliphatic heterocycles. The summed E-state index contributed by atoms with van der Waals surface area (Å²) in [4.78, 5) is 4.52. The second-order valence-electron chi connectivity index (χ2n) is 6.36. The minimum atomic E-state index is -3.85. The molecule has 6 nitrogen and oxygen atoms in total. The van der Waals surface area contributed by atoms with E-state index in [1.807, 2.05) is 4.57 Å². The summed E-state index contributed by atoms with van der Waals surface area (Å²) in [5.41, 5.74) is 0.924. The zero-order valence-corrected chi connectivity index (χ0v) is 16.3. The average Bonchev–Trinajstić information content (AvgIpc) is 2.94. The van der Waals surface area contributed by atoms with Gasteiger partial charge in [-0.05, 0) is 36.2 Å². The van der Waals surface area contributed by atoms with Crippen LogP contribution in [0.4, 0.5) is 5.69 Å². The lowest BCUT2D eigenvalue weighted by Gasteiger charge is -2.11. The molecule has 2 heterocycles. The summed E-state index contributed by atoms with van der Waals surface area (Å²) in [7, 11) is -2.38. The molecule has 3 rings (SSSR count). The van der Waals surface area contributed by atoms with Gasteiger partial charge in [-0.25, -0.2) is 13.4 Å². The van der Waals surface area contributed by atoms with Crippen LogP contribution in [0.1, 0.15) is 13.8 Å². The molecule has 0 saturated heterocycles. The second kappa shape index (κ2) is 7.17. The minimum Gasteiger partial charge on any atom is -0.495 e. The number of rotatable bonds is 6. The molecule has 0 spiro atoms. The number of fused-ring (bicyclic) bond motifs is 1. The number of sulfonamides is 1. The molecule has 2 aromatic heterocycles. The van der Waals surface area contributed by atoms with Crippen LogP contribution < -0.4 is 9.46 Å². The average molecular weight is 394 g/mol. The van der Waals surface area contributed by atoms with Crippen LogP contribution in [0, 0.1) is 5.92 Å². The van der Waals surface area contributed by atoms with Crippen molar-refractivity contribution in [3.8, 4) is 5.75 Å². The molecule has 26 heavy (non-hydrogen) atoms. The summed E-state index contributed by atoms with van der Waals surface area (Å²) in [5, 5.41) is 0.981. The fourth-order valence-corrected chi connectivity index (χ4v) is 4.24. The van der Waals surface area contributed by atoms with Gasteiger partial charge in [0.15, 0.2) is 0 Å². The highest BCUT2D eigenvalue weighted by Gasteiger charge is 2.23. The number of pyridine rings is 1. The van der Waals surface area contributed by atoms with Crippen molar-refractivity contribution >= 4 is 38.3 Å². The number of methoxy groups -OCH3 is 1. The Labute approximate surface area is 157 Å². The van der Waals surface area contributed by atoms with Crippen molar-refractivity contribution < 1.29 is 13.2 Å². The molecule has 0 atom stereocenters. The Hall–Kier alpha value is -2.25. The zero-order valence-electron chi connectivity index (χ0n) is 14.7. The third-order valence-corrected chi connectivity index (χ3v) is 5.48. The summed E-state index contributed by atoms with van der Waals surface area (Å²) in [6.45, 7) is 4.81. The number of benzene rings is 1.